The van der Waals surface area contributed by atoms with E-state index in [1.807, 2.05) is 37.3 Å². The Kier molecular flexibility index (Phi) is 10.3. The fourth-order valence-corrected chi connectivity index (χ4v) is 4.96. The molecule has 0 aromatic heterocycles. The van der Waals surface area contributed by atoms with Gasteiger partial charge in [0.1, 0.15) is 17.3 Å². The summed E-state index contributed by atoms with van der Waals surface area (Å²) in [5.74, 6) is 1.59. The lowest BCUT2D eigenvalue weighted by atomic mass is 9.97. The molecule has 0 unspecified atom stereocenters. The third-order valence-electron chi connectivity index (χ3n) is 6.48. The smallest absolute Gasteiger partial charge is 0.246 e. The fraction of sp³-hybridized carbons (Fsp3) is 0.323. The number of benzene rings is 3. The number of halogens is 3. The van der Waals surface area contributed by atoms with Crippen molar-refractivity contribution in [2.75, 3.05) is 13.7 Å². The number of carbonyl (C=O) groups excluding carboxylic acids is 1. The van der Waals surface area contributed by atoms with Crippen molar-refractivity contribution in [1.29, 1.82) is 0 Å². The van der Waals surface area contributed by atoms with Gasteiger partial charge in [-0.05, 0) is 69.0 Å². The summed E-state index contributed by atoms with van der Waals surface area (Å²) in [4.78, 5) is 14.7. The van der Waals surface area contributed by atoms with Crippen molar-refractivity contribution in [3.63, 3.8) is 0 Å². The van der Waals surface area contributed by atoms with E-state index in [0.29, 0.717) is 36.1 Å². The quantitative estimate of drug-likeness (QED) is 0.214. The summed E-state index contributed by atoms with van der Waals surface area (Å²) in [5, 5.41) is -0.0262. The second-order valence-electron chi connectivity index (χ2n) is 9.44. The Bertz CT molecular complexity index is 1330. The Morgan fingerprint density at radius 1 is 1.10 bits per heavy atom. The van der Waals surface area contributed by atoms with Crippen LogP contribution < -0.4 is 14.2 Å². The van der Waals surface area contributed by atoms with Gasteiger partial charge in [0.25, 0.3) is 0 Å². The van der Waals surface area contributed by atoms with Crippen LogP contribution in [-0.4, -0.2) is 30.6 Å². The molecule has 206 valence electrons. The number of nitrogens with zero attached hydrogens (tertiary/aromatic N) is 1. The molecule has 0 N–H and O–H groups in total. The van der Waals surface area contributed by atoms with Gasteiger partial charge in [0, 0.05) is 41.3 Å². The first-order valence-electron chi connectivity index (χ1n) is 13.1. The SMILES string of the molecule is CCOc1cccc(/C=C/C(=O)N(C)Cc2ccc(Br)cc2Oc2ccc(F)c(Cl)c2)c1OC1CCCCC1. The molecule has 5 nitrogen and oxygen atoms in total. The topological polar surface area (TPSA) is 48.0 Å². The normalized spacial score (nSPS) is 13.9. The van der Waals surface area contributed by atoms with Crippen molar-refractivity contribution in [2.24, 2.45) is 0 Å². The summed E-state index contributed by atoms with van der Waals surface area (Å²) in [7, 11) is 1.73. The summed E-state index contributed by atoms with van der Waals surface area (Å²) in [6.07, 6.45) is 9.07. The predicted molar refractivity (Wildman–Crippen MR) is 156 cm³/mol. The zero-order valence-electron chi connectivity index (χ0n) is 22.1. The van der Waals surface area contributed by atoms with Crippen LogP contribution in [0.1, 0.15) is 50.2 Å². The van der Waals surface area contributed by atoms with Crippen molar-refractivity contribution < 1.29 is 23.4 Å². The highest BCUT2D eigenvalue weighted by Gasteiger charge is 2.19. The average Bonchev–Trinajstić information content (AvgIpc) is 2.93. The van der Waals surface area contributed by atoms with E-state index in [4.69, 9.17) is 25.8 Å². The Morgan fingerprint density at radius 3 is 2.64 bits per heavy atom. The Morgan fingerprint density at radius 2 is 1.90 bits per heavy atom. The van der Waals surface area contributed by atoms with Crippen LogP contribution in [0.5, 0.6) is 23.0 Å². The number of rotatable bonds is 10. The minimum Gasteiger partial charge on any atom is -0.490 e. The van der Waals surface area contributed by atoms with E-state index >= 15 is 0 Å². The molecule has 0 heterocycles. The van der Waals surface area contributed by atoms with Gasteiger partial charge < -0.3 is 19.1 Å². The second kappa shape index (κ2) is 13.9. The number of carbonyl (C=O) groups is 1. The lowest BCUT2D eigenvalue weighted by molar-refractivity contribution is -0.125. The highest BCUT2D eigenvalue weighted by molar-refractivity contribution is 9.10. The highest BCUT2D eigenvalue weighted by atomic mass is 79.9. The van der Waals surface area contributed by atoms with Gasteiger partial charge in [0.2, 0.25) is 5.91 Å². The van der Waals surface area contributed by atoms with Gasteiger partial charge in [-0.1, -0.05) is 52.2 Å². The summed E-state index contributed by atoms with van der Waals surface area (Å²) >= 11 is 9.37. The monoisotopic (exact) mass is 615 g/mol. The Hall–Kier alpha value is -3.03. The van der Waals surface area contributed by atoms with Gasteiger partial charge in [0.05, 0.1) is 17.7 Å². The van der Waals surface area contributed by atoms with Gasteiger partial charge in [-0.2, -0.15) is 0 Å². The summed E-state index contributed by atoms with van der Waals surface area (Å²) < 4.78 is 32.6. The lowest BCUT2D eigenvalue weighted by Gasteiger charge is -2.25. The van der Waals surface area contributed by atoms with Crippen molar-refractivity contribution in [3.8, 4) is 23.0 Å². The number of likely N-dealkylation sites (N-methyl/N-ethyl adjacent to an activating group) is 1. The molecule has 0 radical (unpaired) electrons. The molecule has 0 saturated heterocycles. The maximum atomic E-state index is 13.6. The van der Waals surface area contributed by atoms with Crippen molar-refractivity contribution in [2.45, 2.75) is 51.7 Å². The van der Waals surface area contributed by atoms with E-state index in [2.05, 4.69) is 15.9 Å². The molecule has 1 aliphatic rings. The molecule has 0 aliphatic heterocycles. The molecule has 1 amide bonds. The summed E-state index contributed by atoms with van der Waals surface area (Å²) in [6.45, 7) is 2.76. The maximum absolute atomic E-state index is 13.6. The Balaban J connectivity index is 1.50. The average molecular weight is 617 g/mol. The molecule has 0 atom stereocenters. The van der Waals surface area contributed by atoms with Gasteiger partial charge in [-0.15, -0.1) is 0 Å². The number of hydrogen-bond donors (Lipinski definition) is 0. The van der Waals surface area contributed by atoms with E-state index in [-0.39, 0.29) is 17.0 Å². The first kappa shape index (κ1) is 29.0. The van der Waals surface area contributed by atoms with Crippen molar-refractivity contribution >= 4 is 39.5 Å². The maximum Gasteiger partial charge on any atom is 0.246 e. The van der Waals surface area contributed by atoms with Crippen LogP contribution in [-0.2, 0) is 11.3 Å². The molecule has 3 aromatic rings. The van der Waals surface area contributed by atoms with Crippen LogP contribution in [0, 0.1) is 5.82 Å². The minimum absolute atomic E-state index is 0.0262. The number of amides is 1. The molecule has 4 rings (SSSR count). The van der Waals surface area contributed by atoms with E-state index < -0.39 is 5.82 Å². The number of hydrogen-bond acceptors (Lipinski definition) is 4. The van der Waals surface area contributed by atoms with Crippen LogP contribution in [0.3, 0.4) is 0 Å². The van der Waals surface area contributed by atoms with Crippen LogP contribution in [0.2, 0.25) is 5.02 Å². The Labute approximate surface area is 242 Å². The van der Waals surface area contributed by atoms with Gasteiger partial charge in [-0.25, -0.2) is 4.39 Å². The largest absolute Gasteiger partial charge is 0.490 e. The van der Waals surface area contributed by atoms with Gasteiger partial charge >= 0.3 is 0 Å². The third-order valence-corrected chi connectivity index (χ3v) is 7.27. The van der Waals surface area contributed by atoms with Gasteiger partial charge in [0.15, 0.2) is 11.5 Å². The predicted octanol–water partition coefficient (Wildman–Crippen LogP) is 8.82. The molecule has 1 fully saturated rings. The van der Waals surface area contributed by atoms with Crippen molar-refractivity contribution in [3.05, 3.63) is 87.1 Å². The van der Waals surface area contributed by atoms with E-state index in [1.165, 1.54) is 30.7 Å². The molecular formula is C31H32BrClFNO4. The van der Waals surface area contributed by atoms with E-state index in [9.17, 15) is 9.18 Å². The van der Waals surface area contributed by atoms with E-state index in [0.717, 1.165) is 41.3 Å². The minimum atomic E-state index is -0.519. The lowest BCUT2D eigenvalue weighted by Crippen LogP contribution is -2.24. The van der Waals surface area contributed by atoms with Crippen LogP contribution >= 0.6 is 27.5 Å². The molecular weight excluding hydrogens is 585 g/mol. The van der Waals surface area contributed by atoms with Gasteiger partial charge in [-0.3, -0.25) is 4.79 Å². The fourth-order valence-electron chi connectivity index (χ4n) is 4.45. The number of para-hydroxylation sites is 1. The molecule has 0 spiro atoms. The number of ether oxygens (including phenoxy) is 3. The second-order valence-corrected chi connectivity index (χ2v) is 10.8. The summed E-state index contributed by atoms with van der Waals surface area (Å²) in [6, 6.07) is 15.5. The highest BCUT2D eigenvalue weighted by Crippen LogP contribution is 2.36. The third kappa shape index (κ3) is 7.99. The van der Waals surface area contributed by atoms with Crippen molar-refractivity contribution in [1.82, 2.24) is 4.90 Å². The molecule has 8 heteroatoms. The standard InChI is InChI=1S/C31H32BrClFNO4/c1-3-37-28-11-7-8-21(31(28)39-24-9-5-4-6-10-24)13-17-30(36)35(2)20-22-12-14-23(32)18-29(22)38-25-15-16-27(34)26(33)19-25/h7-8,11-19,24H,3-6,9-10,20H2,1-2H3/b17-13+. The van der Waals surface area contributed by atoms with E-state index in [1.54, 1.807) is 24.1 Å². The molecule has 1 aliphatic carbocycles. The molecule has 0 bridgehead atoms. The first-order valence-corrected chi connectivity index (χ1v) is 14.3. The van der Waals surface area contributed by atoms with Crippen LogP contribution in [0.25, 0.3) is 6.08 Å². The molecule has 3 aromatic carbocycles. The molecule has 1 saturated carbocycles. The zero-order valence-corrected chi connectivity index (χ0v) is 24.4. The zero-order chi connectivity index (χ0) is 27.8. The summed E-state index contributed by atoms with van der Waals surface area (Å²) in [5.41, 5.74) is 1.58. The van der Waals surface area contributed by atoms with Crippen LogP contribution in [0.4, 0.5) is 4.39 Å². The van der Waals surface area contributed by atoms with Crippen LogP contribution in [0.15, 0.2) is 65.1 Å². The molecule has 39 heavy (non-hydrogen) atoms. The first-order chi connectivity index (χ1) is 18.8.